The maximum absolute atomic E-state index is 12.2. The summed E-state index contributed by atoms with van der Waals surface area (Å²) < 4.78 is 31.4. The van der Waals surface area contributed by atoms with Crippen molar-refractivity contribution in [2.75, 3.05) is 13.7 Å². The smallest absolute Gasteiger partial charge is 0.369 e. The summed E-state index contributed by atoms with van der Waals surface area (Å²) in [6.45, 7) is -0.0647. The van der Waals surface area contributed by atoms with Crippen molar-refractivity contribution < 1.29 is 31.3 Å². The second-order valence-electron chi connectivity index (χ2n) is 4.66. The number of primary amides is 2. The van der Waals surface area contributed by atoms with Crippen LogP contribution in [0.5, 0.6) is 0 Å². The van der Waals surface area contributed by atoms with Gasteiger partial charge < -0.3 is 16.4 Å². The first-order valence-corrected chi connectivity index (χ1v) is 7.38. The Morgan fingerprint density at radius 1 is 1.41 bits per heavy atom. The Bertz CT molecular complexity index is 658. The fourth-order valence-electron chi connectivity index (χ4n) is 2.33. The van der Waals surface area contributed by atoms with Gasteiger partial charge in [0, 0.05) is 6.42 Å². The first-order chi connectivity index (χ1) is 10.2. The van der Waals surface area contributed by atoms with Crippen molar-refractivity contribution in [3.8, 4) is 0 Å². The zero-order chi connectivity index (χ0) is 16.7. The predicted molar refractivity (Wildman–Crippen MR) is 69.6 cm³/mol. The number of fused-ring (bicyclic) bond motifs is 2. The second-order valence-corrected chi connectivity index (χ2v) is 5.96. The lowest BCUT2D eigenvalue weighted by Gasteiger charge is -2.27. The lowest BCUT2D eigenvalue weighted by atomic mass is 9.96. The number of nitrogens with zero attached hydrogens (tertiary/aromatic N) is 2. The van der Waals surface area contributed by atoms with E-state index in [4.69, 9.17) is 11.5 Å². The molecule has 0 radical (unpaired) electrons. The highest BCUT2D eigenvalue weighted by Gasteiger charge is 2.49. The molecule has 1 unspecified atom stereocenters. The summed E-state index contributed by atoms with van der Waals surface area (Å²) in [7, 11) is -3.59. The summed E-state index contributed by atoms with van der Waals surface area (Å²) in [4.78, 5) is 35.8. The summed E-state index contributed by atoms with van der Waals surface area (Å²) in [6, 6.07) is -2.89. The first-order valence-electron chi connectivity index (χ1n) is 6.04. The normalized spacial score (nSPS) is 24.4. The third-order valence-electron chi connectivity index (χ3n) is 3.27. The summed E-state index contributed by atoms with van der Waals surface area (Å²) in [6.07, 6.45) is 1.03. The maximum Gasteiger partial charge on any atom is 0.420 e. The Hall–Kier alpha value is -2.18. The SMILES string of the molecule is COS(=O)(=O)ON1C(=O)N2CC1C(CC(N)=O)=C[C@H]2C(N)=O. The predicted octanol–water partition coefficient (Wildman–Crippen LogP) is -2.42. The van der Waals surface area contributed by atoms with Crippen LogP contribution in [0.15, 0.2) is 11.6 Å². The molecule has 2 atom stereocenters. The molecule has 2 aliphatic heterocycles. The van der Waals surface area contributed by atoms with Crippen LogP contribution < -0.4 is 11.5 Å². The molecule has 0 saturated carbocycles. The van der Waals surface area contributed by atoms with Crippen molar-refractivity contribution in [2.45, 2.75) is 18.5 Å². The molecule has 22 heavy (non-hydrogen) atoms. The molecule has 2 heterocycles. The highest BCUT2D eigenvalue weighted by Crippen LogP contribution is 2.32. The summed E-state index contributed by atoms with van der Waals surface area (Å²) in [5.74, 6) is -1.54. The van der Waals surface area contributed by atoms with Gasteiger partial charge in [-0.3, -0.25) is 13.8 Å². The van der Waals surface area contributed by atoms with Gasteiger partial charge in [0.1, 0.15) is 12.1 Å². The zero-order valence-electron chi connectivity index (χ0n) is 11.5. The van der Waals surface area contributed by atoms with Crippen LogP contribution in [0.4, 0.5) is 4.79 Å². The lowest BCUT2D eigenvalue weighted by Crippen LogP contribution is -2.47. The standard InChI is InChI=1S/C10H14N4O7S/c1-20-22(18,19)21-14-7-4-13(10(14)17)6(9(12)16)2-5(7)3-8(11)15/h2,6-7H,3-4H2,1H3,(H2,11,15)(H2,12,16)/t6-,7?/m0/s1. The van der Waals surface area contributed by atoms with Crippen LogP contribution in [0.1, 0.15) is 6.42 Å². The van der Waals surface area contributed by atoms with Gasteiger partial charge in [0.15, 0.2) is 0 Å². The number of hydroxylamine groups is 2. The molecule has 2 rings (SSSR count). The van der Waals surface area contributed by atoms with E-state index >= 15 is 0 Å². The van der Waals surface area contributed by atoms with Gasteiger partial charge in [0.25, 0.3) is 0 Å². The Morgan fingerprint density at radius 2 is 2.05 bits per heavy atom. The minimum Gasteiger partial charge on any atom is -0.369 e. The highest BCUT2D eigenvalue weighted by molar-refractivity contribution is 7.81. The Balaban J connectivity index is 2.38. The molecular formula is C10H14N4O7S. The third-order valence-corrected chi connectivity index (χ3v) is 4.02. The Kier molecular flexibility index (Phi) is 4.08. The molecule has 4 amide bonds. The van der Waals surface area contributed by atoms with E-state index in [1.807, 2.05) is 0 Å². The molecule has 122 valence electrons. The van der Waals surface area contributed by atoms with Crippen LogP contribution in [0.2, 0.25) is 0 Å². The van der Waals surface area contributed by atoms with E-state index in [1.165, 1.54) is 6.08 Å². The number of carbonyl (C=O) groups excluding carboxylic acids is 3. The second kappa shape index (κ2) is 5.55. The summed E-state index contributed by atoms with van der Waals surface area (Å²) in [5, 5.41) is 0.524. The van der Waals surface area contributed by atoms with Gasteiger partial charge in [-0.25, -0.2) is 4.79 Å². The minimum atomic E-state index is -4.45. The van der Waals surface area contributed by atoms with Crippen LogP contribution in [0.3, 0.4) is 0 Å². The molecule has 4 N–H and O–H groups in total. The van der Waals surface area contributed by atoms with E-state index in [-0.39, 0.29) is 18.5 Å². The number of hydrogen-bond donors (Lipinski definition) is 2. The summed E-state index contributed by atoms with van der Waals surface area (Å²) in [5.41, 5.74) is 10.6. The molecule has 0 spiro atoms. The monoisotopic (exact) mass is 334 g/mol. The fraction of sp³-hybridized carbons (Fsp3) is 0.500. The topological polar surface area (TPSA) is 162 Å². The number of carbonyl (C=O) groups is 3. The molecule has 12 heteroatoms. The van der Waals surface area contributed by atoms with E-state index in [2.05, 4.69) is 8.47 Å². The molecule has 0 aromatic rings. The molecule has 2 bridgehead atoms. The largest absolute Gasteiger partial charge is 0.420 e. The van der Waals surface area contributed by atoms with Gasteiger partial charge in [-0.15, -0.1) is 4.28 Å². The van der Waals surface area contributed by atoms with Gasteiger partial charge in [-0.1, -0.05) is 6.08 Å². The lowest BCUT2D eigenvalue weighted by molar-refractivity contribution is -0.121. The van der Waals surface area contributed by atoms with E-state index in [0.717, 1.165) is 12.0 Å². The number of hydrogen-bond acceptors (Lipinski definition) is 7. The fourth-order valence-corrected chi connectivity index (χ4v) is 2.75. The molecular weight excluding hydrogens is 320 g/mol. The molecule has 0 aromatic heterocycles. The van der Waals surface area contributed by atoms with Gasteiger partial charge in [0.2, 0.25) is 11.8 Å². The van der Waals surface area contributed by atoms with Gasteiger partial charge in [-0.2, -0.15) is 13.5 Å². The average Bonchev–Trinajstić information content (AvgIpc) is 2.67. The van der Waals surface area contributed by atoms with Crippen LogP contribution in [-0.4, -0.2) is 62.0 Å². The number of urea groups is 1. The zero-order valence-corrected chi connectivity index (χ0v) is 12.3. The quantitative estimate of drug-likeness (QED) is 0.511. The van der Waals surface area contributed by atoms with Crippen molar-refractivity contribution in [3.05, 3.63) is 11.6 Å². The van der Waals surface area contributed by atoms with Crippen molar-refractivity contribution >= 4 is 28.2 Å². The van der Waals surface area contributed by atoms with Crippen LogP contribution in [0, 0.1) is 0 Å². The molecule has 11 nitrogen and oxygen atoms in total. The Morgan fingerprint density at radius 3 is 2.55 bits per heavy atom. The third kappa shape index (κ3) is 2.88. The van der Waals surface area contributed by atoms with Gasteiger partial charge in [0.05, 0.1) is 13.7 Å². The summed E-state index contributed by atoms with van der Waals surface area (Å²) >= 11 is 0. The molecule has 0 aromatic carbocycles. The number of nitrogens with two attached hydrogens (primary N) is 2. The molecule has 1 fully saturated rings. The molecule has 2 aliphatic rings. The van der Waals surface area contributed by atoms with Crippen molar-refractivity contribution in [3.63, 3.8) is 0 Å². The van der Waals surface area contributed by atoms with E-state index in [1.54, 1.807) is 0 Å². The molecule has 0 aliphatic carbocycles. The number of amides is 4. The highest BCUT2D eigenvalue weighted by atomic mass is 32.3. The van der Waals surface area contributed by atoms with Crippen molar-refractivity contribution in [2.24, 2.45) is 11.5 Å². The van der Waals surface area contributed by atoms with Crippen molar-refractivity contribution in [1.82, 2.24) is 9.96 Å². The van der Waals surface area contributed by atoms with Crippen LogP contribution in [-0.2, 0) is 28.5 Å². The molecule has 1 saturated heterocycles. The van der Waals surface area contributed by atoms with Gasteiger partial charge >= 0.3 is 16.4 Å². The van der Waals surface area contributed by atoms with E-state index in [0.29, 0.717) is 5.06 Å². The number of rotatable bonds is 6. The maximum atomic E-state index is 12.2. The first kappa shape index (κ1) is 16.2. The van der Waals surface area contributed by atoms with E-state index in [9.17, 15) is 22.8 Å². The average molecular weight is 334 g/mol. The van der Waals surface area contributed by atoms with Crippen molar-refractivity contribution in [1.29, 1.82) is 0 Å². The van der Waals surface area contributed by atoms with Crippen LogP contribution in [0.25, 0.3) is 0 Å². The van der Waals surface area contributed by atoms with Gasteiger partial charge in [-0.05, 0) is 5.57 Å². The van der Waals surface area contributed by atoms with E-state index < -0.39 is 40.3 Å². The Labute approximate surface area is 125 Å². The minimum absolute atomic E-state index is 0.0647. The van der Waals surface area contributed by atoms with Crippen LogP contribution >= 0.6 is 0 Å².